The molecule has 2 aromatic heterocycles. The Morgan fingerprint density at radius 3 is 3.00 bits per heavy atom. The zero-order valence-electron chi connectivity index (χ0n) is 13.5. The Morgan fingerprint density at radius 2 is 2.30 bits per heavy atom. The highest BCUT2D eigenvalue weighted by Crippen LogP contribution is 2.21. The average Bonchev–Trinajstić information content (AvgIpc) is 3.01. The van der Waals surface area contributed by atoms with E-state index in [1.165, 1.54) is 0 Å². The van der Waals surface area contributed by atoms with E-state index in [9.17, 15) is 4.79 Å². The lowest BCUT2D eigenvalue weighted by molar-refractivity contribution is -0.0266. The monoisotopic (exact) mass is 316 g/mol. The second kappa shape index (κ2) is 6.33. The summed E-state index contributed by atoms with van der Waals surface area (Å²) in [5.74, 6) is 2.04. The van der Waals surface area contributed by atoms with E-state index in [1.54, 1.807) is 23.2 Å². The number of aryl methyl sites for hydroxylation is 1. The summed E-state index contributed by atoms with van der Waals surface area (Å²) in [5, 5.41) is 6.93. The highest BCUT2D eigenvalue weighted by Gasteiger charge is 2.28. The fourth-order valence-electron chi connectivity index (χ4n) is 2.47. The zero-order chi connectivity index (χ0) is 16.4. The number of H-pyrrole nitrogens is 1. The number of nitrogens with zero attached hydrogens (tertiary/aromatic N) is 5. The molecule has 1 unspecified atom stereocenters. The van der Waals surface area contributed by atoms with Crippen molar-refractivity contribution in [3.8, 4) is 0 Å². The predicted molar refractivity (Wildman–Crippen MR) is 84.3 cm³/mol. The molecule has 1 atom stereocenters. The van der Waals surface area contributed by atoms with E-state index in [0.717, 1.165) is 11.6 Å². The van der Waals surface area contributed by atoms with Crippen molar-refractivity contribution in [3.05, 3.63) is 35.5 Å². The first-order valence-corrected chi connectivity index (χ1v) is 7.48. The number of carbonyl (C=O) groups excluding carboxylic acids is 1. The Bertz CT molecular complexity index is 699. The van der Waals surface area contributed by atoms with Gasteiger partial charge in [0.25, 0.3) is 5.91 Å². The Morgan fingerprint density at radius 1 is 1.48 bits per heavy atom. The summed E-state index contributed by atoms with van der Waals surface area (Å²) in [5.41, 5.74) is 0.621. The minimum Gasteiger partial charge on any atom is -0.366 e. The topological polar surface area (TPSA) is 87.2 Å². The number of ether oxygens (including phenoxy) is 1. The van der Waals surface area contributed by atoms with Crippen molar-refractivity contribution in [1.29, 1.82) is 0 Å². The van der Waals surface area contributed by atoms with Gasteiger partial charge in [0.15, 0.2) is 5.82 Å². The summed E-state index contributed by atoms with van der Waals surface area (Å²) < 4.78 is 5.70. The molecule has 0 saturated carbocycles. The molecule has 1 saturated heterocycles. The lowest BCUT2D eigenvalue weighted by atomic mass is 10.2. The van der Waals surface area contributed by atoms with Gasteiger partial charge in [-0.3, -0.25) is 9.89 Å². The Hall–Kier alpha value is -2.48. The van der Waals surface area contributed by atoms with E-state index in [0.29, 0.717) is 31.1 Å². The van der Waals surface area contributed by atoms with E-state index in [4.69, 9.17) is 4.74 Å². The molecule has 0 aromatic carbocycles. The van der Waals surface area contributed by atoms with E-state index >= 15 is 0 Å². The average molecular weight is 316 g/mol. The summed E-state index contributed by atoms with van der Waals surface area (Å²) in [6.45, 7) is 3.30. The maximum Gasteiger partial charge on any atom is 0.254 e. The van der Waals surface area contributed by atoms with Crippen LogP contribution in [0.5, 0.6) is 0 Å². The summed E-state index contributed by atoms with van der Waals surface area (Å²) in [4.78, 5) is 24.9. The fraction of sp³-hybridized carbons (Fsp3) is 0.467. The molecule has 0 radical (unpaired) electrons. The van der Waals surface area contributed by atoms with Crippen molar-refractivity contribution >= 4 is 11.7 Å². The van der Waals surface area contributed by atoms with Crippen LogP contribution in [0, 0.1) is 6.92 Å². The van der Waals surface area contributed by atoms with E-state index in [1.807, 2.05) is 25.9 Å². The molecule has 0 aliphatic carbocycles. The van der Waals surface area contributed by atoms with Gasteiger partial charge in [-0.1, -0.05) is 0 Å². The van der Waals surface area contributed by atoms with Gasteiger partial charge in [-0.2, -0.15) is 5.10 Å². The van der Waals surface area contributed by atoms with Crippen molar-refractivity contribution in [2.75, 3.05) is 38.7 Å². The van der Waals surface area contributed by atoms with E-state index in [-0.39, 0.29) is 12.0 Å². The van der Waals surface area contributed by atoms with Gasteiger partial charge in [-0.25, -0.2) is 9.97 Å². The van der Waals surface area contributed by atoms with Crippen LogP contribution in [0.1, 0.15) is 28.1 Å². The number of nitrogens with one attached hydrogen (secondary N) is 1. The smallest absolute Gasteiger partial charge is 0.254 e. The maximum atomic E-state index is 12.7. The number of morpholine rings is 1. The van der Waals surface area contributed by atoms with Crippen LogP contribution < -0.4 is 4.90 Å². The fourth-order valence-corrected chi connectivity index (χ4v) is 2.47. The SMILES string of the molecule is Cc1nc(C2CN(C(=O)c3ccnc(N(C)C)c3)CCO2)n[nH]1. The normalized spacial score (nSPS) is 18.0. The lowest BCUT2D eigenvalue weighted by Gasteiger charge is -2.31. The van der Waals surface area contributed by atoms with Gasteiger partial charge in [-0.05, 0) is 19.1 Å². The molecular formula is C15H20N6O2. The summed E-state index contributed by atoms with van der Waals surface area (Å²) in [6.07, 6.45) is 1.35. The van der Waals surface area contributed by atoms with E-state index in [2.05, 4.69) is 20.2 Å². The molecule has 8 heteroatoms. The van der Waals surface area contributed by atoms with Crippen LogP contribution in [0.25, 0.3) is 0 Å². The molecule has 3 rings (SSSR count). The molecule has 1 N–H and O–H groups in total. The predicted octanol–water partition coefficient (Wildman–Crippen LogP) is 0.788. The molecule has 23 heavy (non-hydrogen) atoms. The van der Waals surface area contributed by atoms with Crippen LogP contribution in [0.2, 0.25) is 0 Å². The number of aromatic amines is 1. The Labute approximate surface area is 134 Å². The van der Waals surface area contributed by atoms with Crippen molar-refractivity contribution in [2.45, 2.75) is 13.0 Å². The van der Waals surface area contributed by atoms with Crippen LogP contribution >= 0.6 is 0 Å². The summed E-state index contributed by atoms with van der Waals surface area (Å²) >= 11 is 0. The van der Waals surface area contributed by atoms with Gasteiger partial charge in [0, 0.05) is 32.4 Å². The van der Waals surface area contributed by atoms with Crippen molar-refractivity contribution in [3.63, 3.8) is 0 Å². The number of rotatable bonds is 3. The van der Waals surface area contributed by atoms with Gasteiger partial charge in [0.05, 0.1) is 13.2 Å². The van der Waals surface area contributed by atoms with Gasteiger partial charge >= 0.3 is 0 Å². The minimum atomic E-state index is -0.298. The highest BCUT2D eigenvalue weighted by atomic mass is 16.5. The molecule has 122 valence electrons. The third-order valence-corrected chi connectivity index (χ3v) is 3.71. The third kappa shape index (κ3) is 3.31. The molecule has 1 aliphatic rings. The number of pyridine rings is 1. The molecular weight excluding hydrogens is 296 g/mol. The van der Waals surface area contributed by atoms with Crippen LogP contribution in [0.15, 0.2) is 18.3 Å². The maximum absolute atomic E-state index is 12.7. The molecule has 1 fully saturated rings. The van der Waals surface area contributed by atoms with Crippen LogP contribution in [-0.4, -0.2) is 64.8 Å². The van der Waals surface area contributed by atoms with Crippen molar-refractivity contribution in [2.24, 2.45) is 0 Å². The van der Waals surface area contributed by atoms with Gasteiger partial charge in [-0.15, -0.1) is 0 Å². The number of amides is 1. The number of hydrogen-bond acceptors (Lipinski definition) is 6. The molecule has 8 nitrogen and oxygen atoms in total. The molecule has 1 aliphatic heterocycles. The second-order valence-corrected chi connectivity index (χ2v) is 5.69. The first-order valence-electron chi connectivity index (χ1n) is 7.48. The van der Waals surface area contributed by atoms with E-state index < -0.39 is 0 Å². The Kier molecular flexibility index (Phi) is 4.24. The minimum absolute atomic E-state index is 0.0314. The zero-order valence-corrected chi connectivity index (χ0v) is 13.5. The summed E-state index contributed by atoms with van der Waals surface area (Å²) in [7, 11) is 3.79. The second-order valence-electron chi connectivity index (χ2n) is 5.69. The van der Waals surface area contributed by atoms with Crippen LogP contribution in [0.4, 0.5) is 5.82 Å². The number of hydrogen-bond donors (Lipinski definition) is 1. The van der Waals surface area contributed by atoms with Crippen LogP contribution in [0.3, 0.4) is 0 Å². The van der Waals surface area contributed by atoms with Crippen molar-refractivity contribution in [1.82, 2.24) is 25.1 Å². The van der Waals surface area contributed by atoms with Gasteiger partial charge in [0.2, 0.25) is 0 Å². The molecule has 3 heterocycles. The Balaban J connectivity index is 1.75. The molecule has 0 bridgehead atoms. The first-order chi connectivity index (χ1) is 11.0. The number of carbonyl (C=O) groups is 1. The lowest BCUT2D eigenvalue weighted by Crippen LogP contribution is -2.42. The van der Waals surface area contributed by atoms with Gasteiger partial charge in [0.1, 0.15) is 17.7 Å². The van der Waals surface area contributed by atoms with Gasteiger partial charge < -0.3 is 14.5 Å². The number of aromatic nitrogens is 4. The molecule has 0 spiro atoms. The number of anilines is 1. The molecule has 2 aromatic rings. The highest BCUT2D eigenvalue weighted by molar-refractivity contribution is 5.95. The van der Waals surface area contributed by atoms with Crippen LogP contribution in [-0.2, 0) is 4.74 Å². The molecule has 1 amide bonds. The van der Waals surface area contributed by atoms with Crippen molar-refractivity contribution < 1.29 is 9.53 Å². The largest absolute Gasteiger partial charge is 0.366 e. The quantitative estimate of drug-likeness (QED) is 0.901. The first kappa shape index (κ1) is 15.4. The third-order valence-electron chi connectivity index (χ3n) is 3.71. The standard InChI is InChI=1S/C15H20N6O2/c1-10-17-14(19-18-10)12-9-21(6-7-23-12)15(22)11-4-5-16-13(8-11)20(2)3/h4-5,8,12H,6-7,9H2,1-3H3,(H,17,18,19). The summed E-state index contributed by atoms with van der Waals surface area (Å²) in [6, 6.07) is 3.53.